The number of rotatable bonds is 5. The fraction of sp³-hybridized carbons (Fsp3) is 0.111. The van der Waals surface area contributed by atoms with Crippen LogP contribution in [0.15, 0.2) is 63.8 Å². The topological polar surface area (TPSA) is 95.5 Å². The third kappa shape index (κ3) is 3.72. The molecular weight excluding hydrogens is 324 g/mol. The summed E-state index contributed by atoms with van der Waals surface area (Å²) in [4.78, 5) is 26.4. The maximum atomic E-state index is 11.9. The van der Waals surface area contributed by atoms with Crippen molar-refractivity contribution in [3.05, 3.63) is 75.1 Å². The second-order valence-electron chi connectivity index (χ2n) is 5.13. The fourth-order valence-corrected chi connectivity index (χ4v) is 2.29. The standard InChI is InChI=1S/C18H14N2O5/c1-2-24-15-9-5-12(6-10-15)16-11-17(21)25-18(19-16)13-3-7-14(8-4-13)20(22)23/h3-11H,2H2,1H3. The minimum atomic E-state index is -0.549. The molecule has 0 atom stereocenters. The fourth-order valence-electron chi connectivity index (χ4n) is 2.29. The zero-order chi connectivity index (χ0) is 17.8. The van der Waals surface area contributed by atoms with E-state index in [1.807, 2.05) is 6.92 Å². The Labute approximate surface area is 142 Å². The van der Waals surface area contributed by atoms with E-state index in [0.29, 0.717) is 17.9 Å². The molecule has 0 saturated heterocycles. The number of hydrogen-bond donors (Lipinski definition) is 0. The predicted molar refractivity (Wildman–Crippen MR) is 91.5 cm³/mol. The molecule has 126 valence electrons. The van der Waals surface area contributed by atoms with Gasteiger partial charge in [-0.3, -0.25) is 10.1 Å². The second-order valence-corrected chi connectivity index (χ2v) is 5.13. The molecule has 25 heavy (non-hydrogen) atoms. The Morgan fingerprint density at radius 2 is 1.72 bits per heavy atom. The highest BCUT2D eigenvalue weighted by molar-refractivity contribution is 5.63. The average Bonchev–Trinajstić information content (AvgIpc) is 2.62. The third-order valence-corrected chi connectivity index (χ3v) is 3.46. The summed E-state index contributed by atoms with van der Waals surface area (Å²) in [7, 11) is 0. The van der Waals surface area contributed by atoms with Gasteiger partial charge in [0.2, 0.25) is 5.89 Å². The minimum Gasteiger partial charge on any atom is -0.494 e. The summed E-state index contributed by atoms with van der Waals surface area (Å²) in [5, 5.41) is 10.7. The van der Waals surface area contributed by atoms with Crippen molar-refractivity contribution in [3.63, 3.8) is 0 Å². The van der Waals surface area contributed by atoms with Crippen LogP contribution in [0.3, 0.4) is 0 Å². The van der Waals surface area contributed by atoms with E-state index in [1.54, 1.807) is 24.3 Å². The van der Waals surface area contributed by atoms with Crippen LogP contribution in [0.1, 0.15) is 6.92 Å². The lowest BCUT2D eigenvalue weighted by Gasteiger charge is -2.06. The SMILES string of the molecule is CCOc1ccc(-c2cc(=O)oc(-c3ccc([N+](=O)[O-])cc3)n2)cc1. The van der Waals surface area contributed by atoms with E-state index in [2.05, 4.69) is 4.98 Å². The van der Waals surface area contributed by atoms with E-state index < -0.39 is 10.5 Å². The molecule has 0 N–H and O–H groups in total. The first-order chi connectivity index (χ1) is 12.1. The highest BCUT2D eigenvalue weighted by Crippen LogP contribution is 2.24. The smallest absolute Gasteiger partial charge is 0.339 e. The maximum Gasteiger partial charge on any atom is 0.339 e. The number of hydrogen-bond acceptors (Lipinski definition) is 6. The Balaban J connectivity index is 1.97. The number of nitro groups is 1. The van der Waals surface area contributed by atoms with Crippen LogP contribution in [0, 0.1) is 10.1 Å². The van der Waals surface area contributed by atoms with Crippen LogP contribution in [0.4, 0.5) is 5.69 Å². The Morgan fingerprint density at radius 3 is 2.32 bits per heavy atom. The van der Waals surface area contributed by atoms with E-state index in [9.17, 15) is 14.9 Å². The minimum absolute atomic E-state index is 0.0474. The molecule has 0 bridgehead atoms. The van der Waals surface area contributed by atoms with Crippen LogP contribution in [-0.2, 0) is 0 Å². The Hall–Kier alpha value is -3.48. The van der Waals surface area contributed by atoms with Crippen molar-refractivity contribution in [2.45, 2.75) is 6.92 Å². The van der Waals surface area contributed by atoms with Crippen molar-refractivity contribution in [1.29, 1.82) is 0 Å². The highest BCUT2D eigenvalue weighted by atomic mass is 16.6. The molecule has 0 unspecified atom stereocenters. The summed E-state index contributed by atoms with van der Waals surface area (Å²) in [5.74, 6) is 0.830. The molecule has 0 fully saturated rings. The molecule has 1 aromatic heterocycles. The van der Waals surface area contributed by atoms with Gasteiger partial charge in [-0.15, -0.1) is 0 Å². The van der Waals surface area contributed by atoms with Gasteiger partial charge in [-0.2, -0.15) is 0 Å². The van der Waals surface area contributed by atoms with Crippen molar-refractivity contribution in [1.82, 2.24) is 4.98 Å². The van der Waals surface area contributed by atoms with Crippen molar-refractivity contribution in [2.75, 3.05) is 6.61 Å². The summed E-state index contributed by atoms with van der Waals surface area (Å²) in [6.45, 7) is 2.46. The van der Waals surface area contributed by atoms with Crippen LogP contribution >= 0.6 is 0 Å². The Bertz CT molecular complexity index is 946. The van der Waals surface area contributed by atoms with Crippen molar-refractivity contribution in [3.8, 4) is 28.5 Å². The average molecular weight is 338 g/mol. The van der Waals surface area contributed by atoms with Crippen molar-refractivity contribution < 1.29 is 14.1 Å². The summed E-state index contributed by atoms with van der Waals surface area (Å²) in [6.07, 6.45) is 0. The van der Waals surface area contributed by atoms with Gasteiger partial charge in [0.05, 0.1) is 23.3 Å². The number of aromatic nitrogens is 1. The molecule has 0 aliphatic carbocycles. The van der Waals surface area contributed by atoms with E-state index in [0.717, 1.165) is 11.3 Å². The summed E-state index contributed by atoms with van der Waals surface area (Å²) < 4.78 is 10.5. The van der Waals surface area contributed by atoms with Crippen LogP contribution < -0.4 is 10.4 Å². The summed E-state index contributed by atoms with van der Waals surface area (Å²) in [6, 6.07) is 14.1. The zero-order valence-electron chi connectivity index (χ0n) is 13.3. The molecule has 0 saturated carbocycles. The largest absolute Gasteiger partial charge is 0.494 e. The van der Waals surface area contributed by atoms with Crippen LogP contribution in [-0.4, -0.2) is 16.5 Å². The monoisotopic (exact) mass is 338 g/mol. The molecule has 7 heteroatoms. The number of nitrogens with zero attached hydrogens (tertiary/aromatic N) is 2. The lowest BCUT2D eigenvalue weighted by atomic mass is 10.1. The highest BCUT2D eigenvalue weighted by Gasteiger charge is 2.11. The van der Waals surface area contributed by atoms with Crippen LogP contribution in [0.2, 0.25) is 0 Å². The molecule has 3 aromatic rings. The quantitative estimate of drug-likeness (QED) is 0.520. The molecular formula is C18H14N2O5. The maximum absolute atomic E-state index is 11.9. The van der Waals surface area contributed by atoms with Gasteiger partial charge in [0.15, 0.2) is 0 Å². The van der Waals surface area contributed by atoms with Gasteiger partial charge in [-0.05, 0) is 43.3 Å². The predicted octanol–water partition coefficient (Wildman–Crippen LogP) is 3.68. The number of ether oxygens (including phenoxy) is 1. The molecule has 0 aliphatic heterocycles. The molecule has 0 radical (unpaired) electrons. The number of benzene rings is 2. The zero-order valence-corrected chi connectivity index (χ0v) is 13.3. The third-order valence-electron chi connectivity index (χ3n) is 3.46. The molecule has 3 rings (SSSR count). The lowest BCUT2D eigenvalue weighted by molar-refractivity contribution is -0.384. The van der Waals surface area contributed by atoms with Crippen molar-refractivity contribution in [2.24, 2.45) is 0 Å². The van der Waals surface area contributed by atoms with Gasteiger partial charge in [-0.25, -0.2) is 9.78 Å². The Kier molecular flexibility index (Phi) is 4.56. The van der Waals surface area contributed by atoms with E-state index in [1.165, 1.54) is 30.3 Å². The molecule has 0 amide bonds. The van der Waals surface area contributed by atoms with Gasteiger partial charge in [0.1, 0.15) is 5.75 Å². The van der Waals surface area contributed by atoms with Gasteiger partial charge in [0, 0.05) is 23.3 Å². The van der Waals surface area contributed by atoms with Gasteiger partial charge in [0.25, 0.3) is 5.69 Å². The number of nitro benzene ring substituents is 1. The van der Waals surface area contributed by atoms with E-state index in [-0.39, 0.29) is 11.6 Å². The molecule has 0 spiro atoms. The van der Waals surface area contributed by atoms with Gasteiger partial charge in [-0.1, -0.05) is 0 Å². The summed E-state index contributed by atoms with van der Waals surface area (Å²) >= 11 is 0. The van der Waals surface area contributed by atoms with Gasteiger partial charge >= 0.3 is 5.63 Å². The van der Waals surface area contributed by atoms with E-state index in [4.69, 9.17) is 9.15 Å². The molecule has 0 aliphatic rings. The summed E-state index contributed by atoms with van der Waals surface area (Å²) in [5.41, 5.74) is 1.07. The molecule has 1 heterocycles. The normalized spacial score (nSPS) is 10.4. The van der Waals surface area contributed by atoms with E-state index >= 15 is 0 Å². The first-order valence-electron chi connectivity index (χ1n) is 7.57. The molecule has 2 aromatic carbocycles. The number of non-ortho nitro benzene ring substituents is 1. The molecule has 7 nitrogen and oxygen atoms in total. The lowest BCUT2D eigenvalue weighted by Crippen LogP contribution is -2.02. The Morgan fingerprint density at radius 1 is 1.08 bits per heavy atom. The first kappa shape index (κ1) is 16.4. The van der Waals surface area contributed by atoms with Gasteiger partial charge < -0.3 is 9.15 Å². The first-order valence-corrected chi connectivity index (χ1v) is 7.57. The van der Waals surface area contributed by atoms with Crippen LogP contribution in [0.5, 0.6) is 5.75 Å². The second kappa shape index (κ2) is 6.96. The van der Waals surface area contributed by atoms with Crippen LogP contribution in [0.25, 0.3) is 22.7 Å². The van der Waals surface area contributed by atoms with Crippen molar-refractivity contribution >= 4 is 5.69 Å².